The van der Waals surface area contributed by atoms with E-state index in [1.54, 1.807) is 14.2 Å². The summed E-state index contributed by atoms with van der Waals surface area (Å²) >= 11 is 0. The maximum absolute atomic E-state index is 13.5. The van der Waals surface area contributed by atoms with Crippen molar-refractivity contribution in [3.8, 4) is 11.5 Å². The van der Waals surface area contributed by atoms with Crippen molar-refractivity contribution >= 4 is 27.7 Å². The molecule has 0 aliphatic rings. The molecule has 1 aromatic heterocycles. The predicted octanol–water partition coefficient (Wildman–Crippen LogP) is 6.62. The number of hydrogen-bond donors (Lipinski definition) is 0. The van der Waals surface area contributed by atoms with E-state index in [0.717, 1.165) is 23.2 Å². The van der Waals surface area contributed by atoms with Crippen molar-refractivity contribution in [2.24, 2.45) is 0 Å². The molecule has 206 valence electrons. The number of para-hydroxylation sites is 1. The molecule has 0 spiro atoms. The molecule has 6 nitrogen and oxygen atoms in total. The number of ether oxygens (including phenoxy) is 3. The minimum absolute atomic E-state index is 0.0260. The fraction of sp³-hybridized carbons (Fsp3) is 0.265. The minimum atomic E-state index is -0.0347. The first kappa shape index (κ1) is 27.3. The third kappa shape index (κ3) is 5.97. The van der Waals surface area contributed by atoms with E-state index in [9.17, 15) is 4.79 Å². The van der Waals surface area contributed by atoms with Gasteiger partial charge in [0.2, 0.25) is 5.91 Å². The monoisotopic (exact) mass is 536 g/mol. The van der Waals surface area contributed by atoms with Crippen LogP contribution in [0.1, 0.15) is 23.6 Å². The molecule has 6 heteroatoms. The molecule has 4 aromatic carbocycles. The first-order valence-electron chi connectivity index (χ1n) is 13.7. The summed E-state index contributed by atoms with van der Waals surface area (Å²) in [5.41, 5.74) is 5.65. The number of aromatic nitrogens is 1. The minimum Gasteiger partial charge on any atom is -0.493 e. The van der Waals surface area contributed by atoms with Crippen molar-refractivity contribution in [3.05, 3.63) is 108 Å². The SMILES string of the molecule is CCn1c2ccccc2c2cc(CN(CCc3ccc(OC)c(OC)c3)C(=O)COCc3ccccc3)ccc21. The molecule has 0 aliphatic carbocycles. The summed E-state index contributed by atoms with van der Waals surface area (Å²) < 4.78 is 19.0. The van der Waals surface area contributed by atoms with E-state index in [2.05, 4.69) is 54.0 Å². The van der Waals surface area contributed by atoms with Crippen LogP contribution in [0.25, 0.3) is 21.8 Å². The van der Waals surface area contributed by atoms with Crippen molar-refractivity contribution in [3.63, 3.8) is 0 Å². The Morgan fingerprint density at radius 1 is 0.750 bits per heavy atom. The van der Waals surface area contributed by atoms with E-state index in [1.807, 2.05) is 53.4 Å². The molecule has 0 aliphatic heterocycles. The van der Waals surface area contributed by atoms with Crippen LogP contribution in [0, 0.1) is 0 Å². The van der Waals surface area contributed by atoms with Crippen LogP contribution < -0.4 is 9.47 Å². The van der Waals surface area contributed by atoms with Gasteiger partial charge in [-0.05, 0) is 60.4 Å². The summed E-state index contributed by atoms with van der Waals surface area (Å²) in [6.07, 6.45) is 0.683. The molecule has 5 aromatic rings. The van der Waals surface area contributed by atoms with Gasteiger partial charge in [0.1, 0.15) is 6.61 Å². The van der Waals surface area contributed by atoms with Gasteiger partial charge in [0.25, 0.3) is 0 Å². The quantitative estimate of drug-likeness (QED) is 0.180. The molecule has 0 fully saturated rings. The third-order valence-electron chi connectivity index (χ3n) is 7.33. The van der Waals surface area contributed by atoms with E-state index in [1.165, 1.54) is 21.8 Å². The number of amides is 1. The van der Waals surface area contributed by atoms with Gasteiger partial charge in [-0.3, -0.25) is 4.79 Å². The summed E-state index contributed by atoms with van der Waals surface area (Å²) in [7, 11) is 3.26. The zero-order chi connectivity index (χ0) is 27.9. The van der Waals surface area contributed by atoms with Gasteiger partial charge < -0.3 is 23.7 Å². The Hall–Kier alpha value is -4.29. The van der Waals surface area contributed by atoms with Gasteiger partial charge in [0.15, 0.2) is 11.5 Å². The average Bonchev–Trinajstić information content (AvgIpc) is 3.32. The predicted molar refractivity (Wildman–Crippen MR) is 160 cm³/mol. The third-order valence-corrected chi connectivity index (χ3v) is 7.33. The fourth-order valence-corrected chi connectivity index (χ4v) is 5.27. The van der Waals surface area contributed by atoms with E-state index < -0.39 is 0 Å². The Labute approximate surface area is 235 Å². The van der Waals surface area contributed by atoms with Crippen LogP contribution in [0.5, 0.6) is 11.5 Å². The van der Waals surface area contributed by atoms with E-state index >= 15 is 0 Å². The molecule has 1 amide bonds. The fourth-order valence-electron chi connectivity index (χ4n) is 5.27. The van der Waals surface area contributed by atoms with Crippen LogP contribution in [-0.4, -0.2) is 42.7 Å². The molecular formula is C34H36N2O4. The highest BCUT2D eigenvalue weighted by Gasteiger charge is 2.17. The second-order valence-electron chi connectivity index (χ2n) is 9.85. The highest BCUT2D eigenvalue weighted by atomic mass is 16.5. The molecule has 0 N–H and O–H groups in total. The smallest absolute Gasteiger partial charge is 0.248 e. The number of aryl methyl sites for hydroxylation is 1. The summed E-state index contributed by atoms with van der Waals surface area (Å²) in [5, 5.41) is 2.44. The number of fused-ring (bicyclic) bond motifs is 3. The Bertz CT molecular complexity index is 1590. The van der Waals surface area contributed by atoms with Gasteiger partial charge in [-0.2, -0.15) is 0 Å². The number of nitrogens with zero attached hydrogens (tertiary/aromatic N) is 2. The number of methoxy groups -OCH3 is 2. The number of carbonyl (C=O) groups excluding carboxylic acids is 1. The molecule has 0 saturated heterocycles. The number of carbonyl (C=O) groups is 1. The normalized spacial score (nSPS) is 11.2. The Morgan fingerprint density at radius 2 is 1.48 bits per heavy atom. The second-order valence-corrected chi connectivity index (χ2v) is 9.85. The van der Waals surface area contributed by atoms with Crippen LogP contribution >= 0.6 is 0 Å². The summed E-state index contributed by atoms with van der Waals surface area (Å²) in [6.45, 7) is 4.55. The van der Waals surface area contributed by atoms with E-state index in [4.69, 9.17) is 14.2 Å². The average molecular weight is 537 g/mol. The number of rotatable bonds is 12. The zero-order valence-corrected chi connectivity index (χ0v) is 23.4. The summed E-state index contributed by atoms with van der Waals surface area (Å²) in [4.78, 5) is 15.4. The molecule has 0 saturated carbocycles. The van der Waals surface area contributed by atoms with Gasteiger partial charge in [0, 0.05) is 41.4 Å². The Balaban J connectivity index is 1.37. The van der Waals surface area contributed by atoms with E-state index in [0.29, 0.717) is 37.6 Å². The van der Waals surface area contributed by atoms with Gasteiger partial charge in [0.05, 0.1) is 20.8 Å². The molecule has 40 heavy (non-hydrogen) atoms. The van der Waals surface area contributed by atoms with Gasteiger partial charge >= 0.3 is 0 Å². The second kappa shape index (κ2) is 12.7. The van der Waals surface area contributed by atoms with Crippen LogP contribution in [0.4, 0.5) is 0 Å². The maximum Gasteiger partial charge on any atom is 0.248 e. The zero-order valence-electron chi connectivity index (χ0n) is 23.4. The Morgan fingerprint density at radius 3 is 2.25 bits per heavy atom. The lowest BCUT2D eigenvalue weighted by molar-refractivity contribution is -0.137. The maximum atomic E-state index is 13.5. The summed E-state index contributed by atoms with van der Waals surface area (Å²) in [5.74, 6) is 1.34. The van der Waals surface area contributed by atoms with E-state index in [-0.39, 0.29) is 12.5 Å². The van der Waals surface area contributed by atoms with Crippen LogP contribution in [-0.2, 0) is 35.6 Å². The number of benzene rings is 4. The largest absolute Gasteiger partial charge is 0.493 e. The first-order chi connectivity index (χ1) is 19.6. The lowest BCUT2D eigenvalue weighted by Gasteiger charge is -2.23. The van der Waals surface area contributed by atoms with Crippen molar-refractivity contribution < 1.29 is 19.0 Å². The molecule has 1 heterocycles. The Kier molecular flexibility index (Phi) is 8.67. The highest BCUT2D eigenvalue weighted by Crippen LogP contribution is 2.30. The van der Waals surface area contributed by atoms with Crippen LogP contribution in [0.15, 0.2) is 91.0 Å². The van der Waals surface area contributed by atoms with Gasteiger partial charge in [-0.25, -0.2) is 0 Å². The molecule has 0 bridgehead atoms. The van der Waals surface area contributed by atoms with Crippen molar-refractivity contribution in [1.29, 1.82) is 0 Å². The van der Waals surface area contributed by atoms with Gasteiger partial charge in [-0.1, -0.05) is 60.7 Å². The summed E-state index contributed by atoms with van der Waals surface area (Å²) in [6, 6.07) is 30.9. The van der Waals surface area contributed by atoms with Crippen molar-refractivity contribution in [2.75, 3.05) is 27.4 Å². The lowest BCUT2D eigenvalue weighted by atomic mass is 10.1. The highest BCUT2D eigenvalue weighted by molar-refractivity contribution is 6.08. The first-order valence-corrected chi connectivity index (χ1v) is 13.7. The molecule has 5 rings (SSSR count). The van der Waals surface area contributed by atoms with Crippen molar-refractivity contribution in [1.82, 2.24) is 9.47 Å². The molecule has 0 atom stereocenters. The molecule has 0 radical (unpaired) electrons. The number of hydrogen-bond acceptors (Lipinski definition) is 4. The van der Waals surface area contributed by atoms with Gasteiger partial charge in [-0.15, -0.1) is 0 Å². The molecular weight excluding hydrogens is 500 g/mol. The van der Waals surface area contributed by atoms with Crippen molar-refractivity contribution in [2.45, 2.75) is 33.0 Å². The lowest BCUT2D eigenvalue weighted by Crippen LogP contribution is -2.35. The topological polar surface area (TPSA) is 52.9 Å². The molecule has 0 unspecified atom stereocenters. The van der Waals surface area contributed by atoms with Crippen LogP contribution in [0.3, 0.4) is 0 Å². The standard InChI is InChI=1S/C34H36N2O4/c1-4-36-30-13-9-8-12-28(30)29-20-27(14-16-31(29)36)22-35(34(37)24-40-23-26-10-6-5-7-11-26)19-18-25-15-17-32(38-2)33(21-25)39-3/h5-17,20-21H,4,18-19,22-24H2,1-3H3. The van der Waals surface area contributed by atoms with Crippen LogP contribution in [0.2, 0.25) is 0 Å².